The van der Waals surface area contributed by atoms with Gasteiger partial charge in [-0.1, -0.05) is 0 Å². The van der Waals surface area contributed by atoms with E-state index in [0.29, 0.717) is 6.42 Å². The molecule has 1 aromatic rings. The maximum Gasteiger partial charge on any atom is 0.322 e. The minimum atomic E-state index is -3.85. The average Bonchev–Trinajstić information content (AvgIpc) is 2.95. The Bertz CT molecular complexity index is 716. The van der Waals surface area contributed by atoms with E-state index in [2.05, 4.69) is 10.6 Å². The third kappa shape index (κ3) is 2.01. The maximum absolute atomic E-state index is 12.9. The van der Waals surface area contributed by atoms with E-state index in [0.717, 1.165) is 12.1 Å². The first-order valence-electron chi connectivity index (χ1n) is 6.49. The van der Waals surface area contributed by atoms with Crippen molar-refractivity contribution >= 4 is 21.8 Å². The van der Waals surface area contributed by atoms with Crippen molar-refractivity contribution in [3.63, 3.8) is 0 Å². The number of rotatable bonds is 2. The first-order valence-corrected chi connectivity index (χ1v) is 8.04. The Labute approximate surface area is 120 Å². The zero-order valence-corrected chi connectivity index (χ0v) is 11.7. The van der Waals surface area contributed by atoms with Crippen molar-refractivity contribution < 1.29 is 22.4 Å². The lowest BCUT2D eigenvalue weighted by Crippen LogP contribution is -2.55. The Hall–Kier alpha value is -1.96. The lowest BCUT2D eigenvalue weighted by molar-refractivity contribution is -0.123. The molecule has 1 heterocycles. The van der Waals surface area contributed by atoms with E-state index < -0.39 is 38.4 Å². The van der Waals surface area contributed by atoms with Crippen LogP contribution >= 0.6 is 0 Å². The van der Waals surface area contributed by atoms with Crippen LogP contribution in [0.25, 0.3) is 0 Å². The highest BCUT2D eigenvalue weighted by Crippen LogP contribution is 2.39. The number of imide groups is 1. The van der Waals surface area contributed by atoms with Gasteiger partial charge in [0.2, 0.25) is 0 Å². The highest BCUT2D eigenvalue weighted by molar-refractivity contribution is 7.92. The fraction of sp³-hybridized carbons (Fsp3) is 0.385. The molecule has 3 amide bonds. The Morgan fingerprint density at radius 1 is 1.19 bits per heavy atom. The van der Waals surface area contributed by atoms with Crippen molar-refractivity contribution in [2.75, 3.05) is 0 Å². The summed E-state index contributed by atoms with van der Waals surface area (Å²) in [5.41, 5.74) is -1.41. The van der Waals surface area contributed by atoms with Gasteiger partial charge in [0.05, 0.1) is 10.1 Å². The summed E-state index contributed by atoms with van der Waals surface area (Å²) in [6.07, 6.45) is 1.06. The van der Waals surface area contributed by atoms with Crippen LogP contribution in [0.4, 0.5) is 9.18 Å². The van der Waals surface area contributed by atoms with Gasteiger partial charge in [-0.25, -0.2) is 17.6 Å². The average molecular weight is 312 g/mol. The predicted molar refractivity (Wildman–Crippen MR) is 70.6 cm³/mol. The van der Waals surface area contributed by atoms with Crippen LogP contribution in [0.3, 0.4) is 0 Å². The standard InChI is InChI=1S/C13H13FN2O4S/c14-8-3-5-9(6-4-8)21(19,20)10-2-1-7-13(10)11(17)15-12(18)16-13/h3-6,10H,1-2,7H2,(H2,15,16,17,18). The van der Waals surface area contributed by atoms with Crippen molar-refractivity contribution in [3.8, 4) is 0 Å². The first kappa shape index (κ1) is 14.0. The van der Waals surface area contributed by atoms with E-state index in [4.69, 9.17) is 0 Å². The summed E-state index contributed by atoms with van der Waals surface area (Å²) in [6, 6.07) is 3.78. The van der Waals surface area contributed by atoms with Crippen molar-refractivity contribution in [1.82, 2.24) is 10.6 Å². The molecule has 1 saturated heterocycles. The van der Waals surface area contributed by atoms with Gasteiger partial charge in [0.15, 0.2) is 9.84 Å². The number of hydrogen-bond acceptors (Lipinski definition) is 4. The van der Waals surface area contributed by atoms with Gasteiger partial charge >= 0.3 is 6.03 Å². The maximum atomic E-state index is 12.9. The summed E-state index contributed by atoms with van der Waals surface area (Å²) in [4.78, 5) is 23.4. The molecule has 0 aromatic heterocycles. The van der Waals surface area contributed by atoms with E-state index in [9.17, 15) is 22.4 Å². The summed E-state index contributed by atoms with van der Waals surface area (Å²) in [5, 5.41) is 3.52. The SMILES string of the molecule is O=C1NC(=O)C2(CCCC2S(=O)(=O)c2ccc(F)cc2)N1. The molecular formula is C13H13FN2O4S. The van der Waals surface area contributed by atoms with Gasteiger partial charge in [0.1, 0.15) is 11.4 Å². The van der Waals surface area contributed by atoms with Gasteiger partial charge in [-0.2, -0.15) is 0 Å². The molecule has 2 fully saturated rings. The fourth-order valence-corrected chi connectivity index (χ4v) is 5.22. The summed E-state index contributed by atoms with van der Waals surface area (Å²) >= 11 is 0. The van der Waals surface area contributed by atoms with Gasteiger partial charge in [0.25, 0.3) is 5.91 Å². The molecule has 1 aromatic carbocycles. The topological polar surface area (TPSA) is 92.3 Å². The summed E-state index contributed by atoms with van der Waals surface area (Å²) in [5.74, 6) is -1.15. The van der Waals surface area contributed by atoms with E-state index >= 15 is 0 Å². The van der Waals surface area contributed by atoms with Crippen LogP contribution in [-0.4, -0.2) is 31.1 Å². The third-order valence-corrected chi connectivity index (χ3v) is 6.39. The van der Waals surface area contributed by atoms with Gasteiger partial charge in [-0.15, -0.1) is 0 Å². The Balaban J connectivity index is 2.04. The summed E-state index contributed by atoms with van der Waals surface area (Å²) in [6.45, 7) is 0. The highest BCUT2D eigenvalue weighted by Gasteiger charge is 2.59. The molecule has 2 aliphatic rings. The number of hydrogen-bond donors (Lipinski definition) is 2. The molecule has 21 heavy (non-hydrogen) atoms. The van der Waals surface area contributed by atoms with Crippen molar-refractivity contribution in [1.29, 1.82) is 0 Å². The quantitative estimate of drug-likeness (QED) is 0.622. The van der Waals surface area contributed by atoms with E-state index in [1.54, 1.807) is 0 Å². The molecule has 2 N–H and O–H groups in total. The predicted octanol–water partition coefficient (Wildman–Crippen LogP) is 0.730. The second kappa shape index (κ2) is 4.52. The highest BCUT2D eigenvalue weighted by atomic mass is 32.2. The van der Waals surface area contributed by atoms with Crippen molar-refractivity contribution in [3.05, 3.63) is 30.1 Å². The number of carbonyl (C=O) groups is 2. The zero-order valence-electron chi connectivity index (χ0n) is 10.9. The third-order valence-electron chi connectivity index (χ3n) is 4.07. The fourth-order valence-electron chi connectivity index (χ4n) is 3.09. The van der Waals surface area contributed by atoms with E-state index in [1.165, 1.54) is 12.1 Å². The number of nitrogens with one attached hydrogen (secondary N) is 2. The first-order chi connectivity index (χ1) is 9.86. The number of benzene rings is 1. The second-order valence-corrected chi connectivity index (χ2v) is 7.39. The van der Waals surface area contributed by atoms with Gasteiger partial charge in [-0.05, 0) is 43.5 Å². The van der Waals surface area contributed by atoms with Crippen LogP contribution in [0.5, 0.6) is 0 Å². The van der Waals surface area contributed by atoms with Gasteiger partial charge < -0.3 is 5.32 Å². The number of halogens is 1. The number of sulfone groups is 1. The molecule has 2 unspecified atom stereocenters. The van der Waals surface area contributed by atoms with Crippen LogP contribution in [-0.2, 0) is 14.6 Å². The largest absolute Gasteiger partial charge is 0.322 e. The molecule has 0 radical (unpaired) electrons. The van der Waals surface area contributed by atoms with Gasteiger partial charge in [-0.3, -0.25) is 10.1 Å². The number of urea groups is 1. The minimum Gasteiger partial charge on any atom is -0.322 e. The van der Waals surface area contributed by atoms with Crippen LogP contribution in [0, 0.1) is 5.82 Å². The van der Waals surface area contributed by atoms with Crippen LogP contribution in [0.1, 0.15) is 19.3 Å². The monoisotopic (exact) mass is 312 g/mol. The Morgan fingerprint density at radius 3 is 2.43 bits per heavy atom. The number of amides is 3. The zero-order chi connectivity index (χ0) is 15.3. The van der Waals surface area contributed by atoms with Crippen molar-refractivity contribution in [2.24, 2.45) is 0 Å². The number of carbonyl (C=O) groups excluding carboxylic acids is 2. The van der Waals surface area contributed by atoms with Crippen LogP contribution in [0.15, 0.2) is 29.2 Å². The molecular weight excluding hydrogens is 299 g/mol. The Kier molecular flexibility index (Phi) is 3.01. The van der Waals surface area contributed by atoms with E-state index in [-0.39, 0.29) is 17.7 Å². The molecule has 0 bridgehead atoms. The Morgan fingerprint density at radius 2 is 1.86 bits per heavy atom. The normalized spacial score (nSPS) is 28.7. The molecule has 112 valence electrons. The molecule has 1 saturated carbocycles. The summed E-state index contributed by atoms with van der Waals surface area (Å²) < 4.78 is 38.4. The lowest BCUT2D eigenvalue weighted by Gasteiger charge is -2.27. The second-order valence-electron chi connectivity index (χ2n) is 5.26. The molecule has 2 atom stereocenters. The molecule has 6 nitrogen and oxygen atoms in total. The van der Waals surface area contributed by atoms with Crippen molar-refractivity contribution in [2.45, 2.75) is 34.9 Å². The lowest BCUT2D eigenvalue weighted by atomic mass is 9.98. The van der Waals surface area contributed by atoms with Crippen LogP contribution in [0.2, 0.25) is 0 Å². The molecule has 8 heteroatoms. The van der Waals surface area contributed by atoms with Gasteiger partial charge in [0, 0.05) is 0 Å². The molecule has 3 rings (SSSR count). The summed E-state index contributed by atoms with van der Waals surface area (Å²) in [7, 11) is -3.85. The minimum absolute atomic E-state index is 0.0517. The van der Waals surface area contributed by atoms with E-state index in [1.807, 2.05) is 0 Å². The molecule has 1 aliphatic carbocycles. The molecule has 1 aliphatic heterocycles. The van der Waals surface area contributed by atoms with Crippen LogP contribution < -0.4 is 10.6 Å². The smallest absolute Gasteiger partial charge is 0.322 e. The molecule has 1 spiro atoms.